The van der Waals surface area contributed by atoms with Crippen molar-refractivity contribution in [3.05, 3.63) is 12.2 Å². The van der Waals surface area contributed by atoms with Crippen LogP contribution in [0.15, 0.2) is 12.2 Å². The molecule has 3 nitrogen and oxygen atoms in total. The third-order valence-electron chi connectivity index (χ3n) is 2.47. The molecule has 3 atom stereocenters. The Morgan fingerprint density at radius 3 is 3.25 bits per heavy atom. The molecule has 0 amide bonds. The van der Waals surface area contributed by atoms with Crippen LogP contribution in [0.2, 0.25) is 0 Å². The molecule has 0 aromatic carbocycles. The lowest BCUT2D eigenvalue weighted by molar-refractivity contribution is -0.118. The first kappa shape index (κ1) is 7.95. The Morgan fingerprint density at radius 1 is 1.67 bits per heavy atom. The van der Waals surface area contributed by atoms with E-state index in [2.05, 4.69) is 0 Å². The van der Waals surface area contributed by atoms with Crippen molar-refractivity contribution in [2.45, 2.75) is 25.2 Å². The summed E-state index contributed by atoms with van der Waals surface area (Å²) in [5, 5.41) is 0. The summed E-state index contributed by atoms with van der Waals surface area (Å²) in [6.45, 7) is 0. The highest BCUT2D eigenvalue weighted by atomic mass is 16.7. The van der Waals surface area contributed by atoms with E-state index < -0.39 is 0 Å². The minimum atomic E-state index is -0.115. The number of fused-ring (bicyclic) bond motifs is 1. The maximum atomic E-state index is 11.0. The van der Waals surface area contributed by atoms with Crippen molar-refractivity contribution in [3.63, 3.8) is 0 Å². The van der Waals surface area contributed by atoms with E-state index in [1.807, 2.05) is 6.08 Å². The van der Waals surface area contributed by atoms with E-state index in [-0.39, 0.29) is 18.2 Å². The second-order valence-electron chi connectivity index (χ2n) is 3.29. The van der Waals surface area contributed by atoms with Crippen LogP contribution in [0.3, 0.4) is 0 Å². The van der Waals surface area contributed by atoms with E-state index in [0.29, 0.717) is 12.3 Å². The predicted molar refractivity (Wildman–Crippen MR) is 42.5 cm³/mol. The van der Waals surface area contributed by atoms with Gasteiger partial charge in [0.1, 0.15) is 0 Å². The number of carbonyl (C=O) groups is 1. The fourth-order valence-corrected chi connectivity index (χ4v) is 1.81. The van der Waals surface area contributed by atoms with Crippen LogP contribution in [0.4, 0.5) is 0 Å². The Bertz CT molecular complexity index is 222. The first-order chi connectivity index (χ1) is 5.79. The van der Waals surface area contributed by atoms with Gasteiger partial charge in [-0.3, -0.25) is 4.79 Å². The van der Waals surface area contributed by atoms with Crippen LogP contribution in [0.5, 0.6) is 0 Å². The summed E-state index contributed by atoms with van der Waals surface area (Å²) < 4.78 is 10.6. The quantitative estimate of drug-likeness (QED) is 0.583. The molecule has 1 fully saturated rings. The number of methoxy groups -OCH3 is 1. The summed E-state index contributed by atoms with van der Waals surface area (Å²) >= 11 is 0. The molecule has 0 saturated carbocycles. The zero-order valence-electron chi connectivity index (χ0n) is 7.03. The molecule has 2 rings (SSSR count). The maximum absolute atomic E-state index is 11.0. The molecule has 1 aliphatic carbocycles. The van der Waals surface area contributed by atoms with Crippen LogP contribution in [0, 0.1) is 5.92 Å². The molecule has 3 heteroatoms. The number of ketones is 1. The van der Waals surface area contributed by atoms with E-state index in [0.717, 1.165) is 6.42 Å². The Kier molecular flexibility index (Phi) is 1.98. The normalized spacial score (nSPS) is 40.1. The molecule has 2 aliphatic rings. The van der Waals surface area contributed by atoms with Crippen molar-refractivity contribution in [2.75, 3.05) is 7.11 Å². The van der Waals surface area contributed by atoms with E-state index in [1.165, 1.54) is 0 Å². The smallest absolute Gasteiger partial charge is 0.158 e. The van der Waals surface area contributed by atoms with Gasteiger partial charge in [0.05, 0.1) is 6.10 Å². The standard InChI is InChI=1S/C9H12O3/c1-11-9-5-6-4-7(10)2-3-8(6)12-9/h2-3,6,8-9H,4-5H2,1H3/t6-,8-,9?/m0/s1. The lowest BCUT2D eigenvalue weighted by Crippen LogP contribution is -2.20. The highest BCUT2D eigenvalue weighted by Gasteiger charge is 2.36. The molecular formula is C9H12O3. The number of carbonyl (C=O) groups excluding carboxylic acids is 1. The lowest BCUT2D eigenvalue weighted by Gasteiger charge is -2.16. The van der Waals surface area contributed by atoms with Crippen molar-refractivity contribution >= 4 is 5.78 Å². The van der Waals surface area contributed by atoms with E-state index in [4.69, 9.17) is 9.47 Å². The highest BCUT2D eigenvalue weighted by molar-refractivity contribution is 5.90. The average Bonchev–Trinajstić information content (AvgIpc) is 2.46. The monoisotopic (exact) mass is 168 g/mol. The molecular weight excluding hydrogens is 156 g/mol. The first-order valence-corrected chi connectivity index (χ1v) is 4.19. The Hall–Kier alpha value is -0.670. The van der Waals surface area contributed by atoms with E-state index in [1.54, 1.807) is 13.2 Å². The van der Waals surface area contributed by atoms with Crippen LogP contribution < -0.4 is 0 Å². The fourth-order valence-electron chi connectivity index (χ4n) is 1.81. The maximum Gasteiger partial charge on any atom is 0.158 e. The van der Waals surface area contributed by atoms with Crippen LogP contribution in [0.25, 0.3) is 0 Å². The molecule has 0 spiro atoms. The molecule has 12 heavy (non-hydrogen) atoms. The van der Waals surface area contributed by atoms with Crippen LogP contribution in [0.1, 0.15) is 12.8 Å². The number of allylic oxidation sites excluding steroid dienone is 1. The Balaban J connectivity index is 2.06. The van der Waals surface area contributed by atoms with Crippen LogP contribution >= 0.6 is 0 Å². The van der Waals surface area contributed by atoms with Gasteiger partial charge in [-0.1, -0.05) is 6.08 Å². The number of hydrogen-bond acceptors (Lipinski definition) is 3. The number of ether oxygens (including phenoxy) is 2. The average molecular weight is 168 g/mol. The molecule has 0 aromatic rings. The summed E-state index contributed by atoms with van der Waals surface area (Å²) in [5.74, 6) is 0.545. The molecule has 0 aromatic heterocycles. The molecule has 1 heterocycles. The Labute approximate surface area is 71.3 Å². The SMILES string of the molecule is COC1C[C@@H]2CC(=O)C=C[C@@H]2O1. The van der Waals surface area contributed by atoms with Crippen molar-refractivity contribution in [3.8, 4) is 0 Å². The molecule has 0 radical (unpaired) electrons. The van der Waals surface area contributed by atoms with Crippen LogP contribution in [-0.2, 0) is 14.3 Å². The molecule has 1 aliphatic heterocycles. The zero-order valence-corrected chi connectivity index (χ0v) is 7.03. The largest absolute Gasteiger partial charge is 0.356 e. The van der Waals surface area contributed by atoms with Crippen molar-refractivity contribution in [1.82, 2.24) is 0 Å². The van der Waals surface area contributed by atoms with E-state index >= 15 is 0 Å². The molecule has 0 bridgehead atoms. The molecule has 66 valence electrons. The first-order valence-electron chi connectivity index (χ1n) is 4.19. The van der Waals surface area contributed by atoms with Gasteiger partial charge in [0.2, 0.25) is 0 Å². The van der Waals surface area contributed by atoms with Gasteiger partial charge in [-0.05, 0) is 6.08 Å². The fraction of sp³-hybridized carbons (Fsp3) is 0.667. The van der Waals surface area contributed by atoms with Gasteiger partial charge in [0, 0.05) is 25.9 Å². The van der Waals surface area contributed by atoms with Gasteiger partial charge in [-0.2, -0.15) is 0 Å². The number of rotatable bonds is 1. The lowest BCUT2D eigenvalue weighted by atomic mass is 9.90. The van der Waals surface area contributed by atoms with Crippen molar-refractivity contribution in [1.29, 1.82) is 0 Å². The number of hydrogen-bond donors (Lipinski definition) is 0. The summed E-state index contributed by atoms with van der Waals surface area (Å²) in [4.78, 5) is 11.0. The third-order valence-corrected chi connectivity index (χ3v) is 2.47. The predicted octanol–water partition coefficient (Wildman–Crippen LogP) is 0.893. The van der Waals surface area contributed by atoms with Gasteiger partial charge in [-0.15, -0.1) is 0 Å². The summed E-state index contributed by atoms with van der Waals surface area (Å²) in [7, 11) is 1.63. The summed E-state index contributed by atoms with van der Waals surface area (Å²) in [6.07, 6.45) is 4.90. The van der Waals surface area contributed by atoms with Gasteiger partial charge < -0.3 is 9.47 Å². The Morgan fingerprint density at radius 2 is 2.50 bits per heavy atom. The van der Waals surface area contributed by atoms with E-state index in [9.17, 15) is 4.79 Å². The van der Waals surface area contributed by atoms with Gasteiger partial charge in [0.15, 0.2) is 12.1 Å². The zero-order chi connectivity index (χ0) is 8.55. The second-order valence-corrected chi connectivity index (χ2v) is 3.29. The minimum Gasteiger partial charge on any atom is -0.356 e. The van der Waals surface area contributed by atoms with Crippen molar-refractivity contribution in [2.24, 2.45) is 5.92 Å². The van der Waals surface area contributed by atoms with Gasteiger partial charge >= 0.3 is 0 Å². The van der Waals surface area contributed by atoms with Gasteiger partial charge in [-0.25, -0.2) is 0 Å². The summed E-state index contributed by atoms with van der Waals surface area (Å²) in [5.41, 5.74) is 0. The molecule has 0 N–H and O–H groups in total. The van der Waals surface area contributed by atoms with Crippen LogP contribution in [-0.4, -0.2) is 25.3 Å². The molecule has 1 unspecified atom stereocenters. The minimum absolute atomic E-state index is 0.104. The molecule has 1 saturated heterocycles. The highest BCUT2D eigenvalue weighted by Crippen LogP contribution is 2.32. The third kappa shape index (κ3) is 1.30. The van der Waals surface area contributed by atoms with Crippen molar-refractivity contribution < 1.29 is 14.3 Å². The van der Waals surface area contributed by atoms with Gasteiger partial charge in [0.25, 0.3) is 0 Å². The summed E-state index contributed by atoms with van der Waals surface area (Å²) in [6, 6.07) is 0. The topological polar surface area (TPSA) is 35.5 Å². The second kappa shape index (κ2) is 2.99.